The molecule has 0 N–H and O–H groups in total. The Morgan fingerprint density at radius 3 is 2.20 bits per heavy atom. The molecule has 2 atom stereocenters. The first-order valence-electron chi connectivity index (χ1n) is 8.43. The maximum Gasteiger partial charge on any atom is 0.143 e. The minimum Gasteiger partial charge on any atom is -0.362 e. The normalized spacial score (nSPS) is 20.5. The fourth-order valence-electron chi connectivity index (χ4n) is 3.60. The van der Waals surface area contributed by atoms with Crippen LogP contribution in [0.15, 0.2) is 84.9 Å². The van der Waals surface area contributed by atoms with E-state index in [9.17, 15) is 0 Å². The van der Waals surface area contributed by atoms with Crippen LogP contribution < -0.4 is 0 Å². The zero-order valence-corrected chi connectivity index (χ0v) is 13.6. The van der Waals surface area contributed by atoms with Gasteiger partial charge < -0.3 is 4.74 Å². The van der Waals surface area contributed by atoms with Crippen molar-refractivity contribution in [1.29, 1.82) is 0 Å². The van der Waals surface area contributed by atoms with Crippen LogP contribution in [0.4, 0.5) is 0 Å². The molecule has 1 saturated heterocycles. The van der Waals surface area contributed by atoms with Gasteiger partial charge in [0.2, 0.25) is 0 Å². The SMILES string of the molecule is c1ccc([C@@H](n2nnc3ccccc32)[C@]2(c3ccccc3)CO2)cc1. The molecule has 3 aromatic carbocycles. The van der Waals surface area contributed by atoms with Crippen LogP contribution in [0.25, 0.3) is 11.0 Å². The molecule has 0 saturated carbocycles. The fraction of sp³-hybridized carbons (Fsp3) is 0.143. The van der Waals surface area contributed by atoms with E-state index in [1.54, 1.807) is 0 Å². The first-order valence-corrected chi connectivity index (χ1v) is 8.43. The lowest BCUT2D eigenvalue weighted by Gasteiger charge is -2.25. The topological polar surface area (TPSA) is 43.2 Å². The Bertz CT molecular complexity index is 1010. The number of para-hydroxylation sites is 1. The number of epoxide rings is 1. The highest BCUT2D eigenvalue weighted by atomic mass is 16.6. The number of hydrogen-bond donors (Lipinski definition) is 0. The van der Waals surface area contributed by atoms with Crippen molar-refractivity contribution < 1.29 is 4.74 Å². The molecule has 1 aliphatic rings. The monoisotopic (exact) mass is 327 g/mol. The molecule has 4 nitrogen and oxygen atoms in total. The summed E-state index contributed by atoms with van der Waals surface area (Å²) in [5, 5.41) is 8.85. The molecule has 0 spiro atoms. The van der Waals surface area contributed by atoms with Crippen molar-refractivity contribution in [2.24, 2.45) is 0 Å². The lowest BCUT2D eigenvalue weighted by molar-refractivity contribution is 0.235. The zero-order valence-electron chi connectivity index (χ0n) is 13.6. The van der Waals surface area contributed by atoms with Crippen LogP contribution in [0.2, 0.25) is 0 Å². The highest BCUT2D eigenvalue weighted by Gasteiger charge is 2.55. The van der Waals surface area contributed by atoms with Gasteiger partial charge in [-0.3, -0.25) is 0 Å². The predicted molar refractivity (Wildman–Crippen MR) is 96.2 cm³/mol. The van der Waals surface area contributed by atoms with Crippen molar-refractivity contribution in [2.75, 3.05) is 6.61 Å². The molecule has 0 aliphatic carbocycles. The highest BCUT2D eigenvalue weighted by molar-refractivity contribution is 5.74. The number of hydrogen-bond acceptors (Lipinski definition) is 3. The summed E-state index contributed by atoms with van der Waals surface area (Å²) in [7, 11) is 0. The van der Waals surface area contributed by atoms with Crippen molar-refractivity contribution >= 4 is 11.0 Å². The van der Waals surface area contributed by atoms with Crippen LogP contribution in [0.1, 0.15) is 17.2 Å². The standard InChI is InChI=1S/C21H17N3O/c1-3-9-16(10-4-1)20(21(15-25-21)17-11-5-2-6-12-17)24-19-14-8-7-13-18(19)22-23-24/h1-14,20H,15H2/t20-,21-/m1/s1. The molecule has 1 fully saturated rings. The number of aromatic nitrogens is 3. The summed E-state index contributed by atoms with van der Waals surface area (Å²) >= 11 is 0. The van der Waals surface area contributed by atoms with Gasteiger partial charge in [-0.25, -0.2) is 4.68 Å². The molecular weight excluding hydrogens is 310 g/mol. The number of ether oxygens (including phenoxy) is 1. The van der Waals surface area contributed by atoms with Crippen molar-refractivity contribution in [3.63, 3.8) is 0 Å². The summed E-state index contributed by atoms with van der Waals surface area (Å²) in [5.74, 6) is 0. The van der Waals surface area contributed by atoms with Gasteiger partial charge in [-0.05, 0) is 23.3 Å². The molecule has 0 amide bonds. The van der Waals surface area contributed by atoms with Crippen molar-refractivity contribution in [3.05, 3.63) is 96.1 Å². The molecule has 0 radical (unpaired) electrons. The second-order valence-corrected chi connectivity index (χ2v) is 6.38. The maximum absolute atomic E-state index is 6.08. The molecule has 5 rings (SSSR count). The molecule has 0 unspecified atom stereocenters. The Morgan fingerprint density at radius 2 is 1.48 bits per heavy atom. The zero-order chi connectivity index (χ0) is 16.7. The smallest absolute Gasteiger partial charge is 0.143 e. The van der Waals surface area contributed by atoms with Crippen LogP contribution in [-0.4, -0.2) is 21.6 Å². The molecule has 4 heteroatoms. The van der Waals surface area contributed by atoms with E-state index in [0.717, 1.165) is 11.0 Å². The highest BCUT2D eigenvalue weighted by Crippen LogP contribution is 2.51. The molecule has 25 heavy (non-hydrogen) atoms. The molecular formula is C21H17N3O. The van der Waals surface area contributed by atoms with E-state index < -0.39 is 5.60 Å². The van der Waals surface area contributed by atoms with Gasteiger partial charge >= 0.3 is 0 Å². The lowest BCUT2D eigenvalue weighted by Crippen LogP contribution is -2.28. The Labute approximate surface area is 145 Å². The minimum absolute atomic E-state index is 0.0662. The van der Waals surface area contributed by atoms with Gasteiger partial charge in [0.25, 0.3) is 0 Å². The van der Waals surface area contributed by atoms with E-state index in [-0.39, 0.29) is 6.04 Å². The number of benzene rings is 3. The van der Waals surface area contributed by atoms with E-state index in [4.69, 9.17) is 4.74 Å². The van der Waals surface area contributed by atoms with Gasteiger partial charge in [0.1, 0.15) is 17.2 Å². The maximum atomic E-state index is 6.08. The van der Waals surface area contributed by atoms with E-state index in [1.807, 2.05) is 35.0 Å². The second-order valence-electron chi connectivity index (χ2n) is 6.38. The van der Waals surface area contributed by atoms with Gasteiger partial charge in [-0.1, -0.05) is 78.0 Å². The third-order valence-corrected chi connectivity index (χ3v) is 4.90. The summed E-state index contributed by atoms with van der Waals surface area (Å²) in [6.07, 6.45) is 0. The predicted octanol–water partition coefficient (Wildman–Crippen LogP) is 3.95. The van der Waals surface area contributed by atoms with E-state index in [2.05, 4.69) is 64.9 Å². The van der Waals surface area contributed by atoms with Gasteiger partial charge in [0, 0.05) is 0 Å². The molecule has 1 aromatic heterocycles. The average molecular weight is 327 g/mol. The summed E-state index contributed by atoms with van der Waals surface area (Å²) in [4.78, 5) is 0. The van der Waals surface area contributed by atoms with Crippen LogP contribution in [-0.2, 0) is 10.3 Å². The summed E-state index contributed by atoms with van der Waals surface area (Å²) in [6, 6.07) is 28.8. The van der Waals surface area contributed by atoms with E-state index >= 15 is 0 Å². The summed E-state index contributed by atoms with van der Waals surface area (Å²) in [6.45, 7) is 0.671. The first kappa shape index (κ1) is 14.4. The largest absolute Gasteiger partial charge is 0.362 e. The lowest BCUT2D eigenvalue weighted by atomic mass is 9.87. The van der Waals surface area contributed by atoms with Gasteiger partial charge in [-0.2, -0.15) is 0 Å². The second kappa shape index (κ2) is 5.53. The van der Waals surface area contributed by atoms with Crippen LogP contribution in [0.5, 0.6) is 0 Å². The number of rotatable bonds is 4. The van der Waals surface area contributed by atoms with Gasteiger partial charge in [-0.15, -0.1) is 5.10 Å². The minimum atomic E-state index is -0.404. The molecule has 122 valence electrons. The van der Waals surface area contributed by atoms with E-state index in [1.165, 1.54) is 11.1 Å². The van der Waals surface area contributed by atoms with Crippen LogP contribution in [0.3, 0.4) is 0 Å². The summed E-state index contributed by atoms with van der Waals surface area (Å²) < 4.78 is 8.09. The average Bonchev–Trinajstić information content (AvgIpc) is 3.38. The Kier molecular flexibility index (Phi) is 3.18. The number of nitrogens with zero attached hydrogens (tertiary/aromatic N) is 3. The molecule has 0 bridgehead atoms. The van der Waals surface area contributed by atoms with Crippen molar-refractivity contribution in [1.82, 2.24) is 15.0 Å². The quantitative estimate of drug-likeness (QED) is 0.533. The van der Waals surface area contributed by atoms with Crippen LogP contribution in [0, 0.1) is 0 Å². The van der Waals surface area contributed by atoms with Crippen molar-refractivity contribution in [2.45, 2.75) is 11.6 Å². The third-order valence-electron chi connectivity index (χ3n) is 4.90. The first-order chi connectivity index (χ1) is 12.4. The Hall–Kier alpha value is -2.98. The van der Waals surface area contributed by atoms with E-state index in [0.29, 0.717) is 6.61 Å². The molecule has 1 aliphatic heterocycles. The fourth-order valence-corrected chi connectivity index (χ4v) is 3.60. The molecule has 4 aromatic rings. The van der Waals surface area contributed by atoms with Crippen LogP contribution >= 0.6 is 0 Å². The Balaban J connectivity index is 1.74. The summed E-state index contributed by atoms with van der Waals surface area (Å²) in [5.41, 5.74) is 3.84. The van der Waals surface area contributed by atoms with Gasteiger partial charge in [0.15, 0.2) is 0 Å². The molecule has 2 heterocycles. The number of fused-ring (bicyclic) bond motifs is 1. The Morgan fingerprint density at radius 1 is 0.840 bits per heavy atom. The van der Waals surface area contributed by atoms with Crippen molar-refractivity contribution in [3.8, 4) is 0 Å². The van der Waals surface area contributed by atoms with Gasteiger partial charge in [0.05, 0.1) is 12.1 Å². The third kappa shape index (κ3) is 2.26.